The van der Waals surface area contributed by atoms with Crippen LogP contribution in [0.3, 0.4) is 0 Å². The molecule has 0 aliphatic rings. The standard InChI is InChI=1S/C10H18N2O3/c1-6(2)9(13)12-8(10(14)15)5-4-7(3)11/h6,8H,3-5,11H2,1-2H3,(H,12,13)(H,14,15). The molecule has 5 heteroatoms. The van der Waals surface area contributed by atoms with Crippen molar-refractivity contribution in [2.24, 2.45) is 11.7 Å². The summed E-state index contributed by atoms with van der Waals surface area (Å²) in [6.45, 7) is 6.88. The maximum atomic E-state index is 11.3. The van der Waals surface area contributed by atoms with Crippen LogP contribution in [0.25, 0.3) is 0 Å². The van der Waals surface area contributed by atoms with Crippen molar-refractivity contribution in [1.29, 1.82) is 0 Å². The van der Waals surface area contributed by atoms with Crippen LogP contribution in [0.4, 0.5) is 0 Å². The van der Waals surface area contributed by atoms with Crippen LogP contribution in [-0.4, -0.2) is 23.0 Å². The van der Waals surface area contributed by atoms with E-state index < -0.39 is 12.0 Å². The van der Waals surface area contributed by atoms with E-state index in [9.17, 15) is 9.59 Å². The molecule has 0 spiro atoms. The highest BCUT2D eigenvalue weighted by Gasteiger charge is 2.20. The van der Waals surface area contributed by atoms with Crippen LogP contribution >= 0.6 is 0 Å². The molecule has 0 bridgehead atoms. The van der Waals surface area contributed by atoms with Gasteiger partial charge in [0.2, 0.25) is 5.91 Å². The third kappa shape index (κ3) is 5.72. The predicted molar refractivity (Wildman–Crippen MR) is 57.0 cm³/mol. The fourth-order valence-corrected chi connectivity index (χ4v) is 0.926. The fraction of sp³-hybridized carbons (Fsp3) is 0.600. The molecule has 5 nitrogen and oxygen atoms in total. The number of allylic oxidation sites excluding steroid dienone is 1. The van der Waals surface area contributed by atoms with Gasteiger partial charge in [-0.05, 0) is 12.8 Å². The lowest BCUT2D eigenvalue weighted by molar-refractivity contribution is -0.142. The number of nitrogens with one attached hydrogen (secondary N) is 1. The van der Waals surface area contributed by atoms with E-state index in [0.717, 1.165) is 0 Å². The van der Waals surface area contributed by atoms with Crippen LogP contribution in [0.5, 0.6) is 0 Å². The number of amides is 1. The SMILES string of the molecule is C=C(N)CCC(NC(=O)C(C)C)C(=O)O. The number of hydrogen-bond donors (Lipinski definition) is 3. The highest BCUT2D eigenvalue weighted by atomic mass is 16.4. The highest BCUT2D eigenvalue weighted by molar-refractivity contribution is 5.84. The van der Waals surface area contributed by atoms with E-state index in [4.69, 9.17) is 10.8 Å². The maximum Gasteiger partial charge on any atom is 0.326 e. The van der Waals surface area contributed by atoms with Crippen molar-refractivity contribution in [3.63, 3.8) is 0 Å². The zero-order valence-corrected chi connectivity index (χ0v) is 9.12. The number of carbonyl (C=O) groups excluding carboxylic acids is 1. The Kier molecular flexibility index (Phi) is 5.44. The molecular weight excluding hydrogens is 196 g/mol. The monoisotopic (exact) mass is 214 g/mol. The Morgan fingerprint density at radius 3 is 2.33 bits per heavy atom. The molecule has 0 saturated carbocycles. The molecule has 0 fully saturated rings. The van der Waals surface area contributed by atoms with Gasteiger partial charge in [0, 0.05) is 11.6 Å². The average Bonchev–Trinajstić information content (AvgIpc) is 2.10. The second kappa shape index (κ2) is 6.06. The number of carbonyl (C=O) groups is 2. The van der Waals surface area contributed by atoms with Gasteiger partial charge < -0.3 is 16.2 Å². The molecule has 15 heavy (non-hydrogen) atoms. The van der Waals surface area contributed by atoms with Gasteiger partial charge in [0.15, 0.2) is 0 Å². The zero-order chi connectivity index (χ0) is 12.0. The average molecular weight is 214 g/mol. The first-order valence-corrected chi connectivity index (χ1v) is 4.81. The van der Waals surface area contributed by atoms with E-state index >= 15 is 0 Å². The highest BCUT2D eigenvalue weighted by Crippen LogP contribution is 2.03. The maximum absolute atomic E-state index is 11.3. The summed E-state index contributed by atoms with van der Waals surface area (Å²) in [4.78, 5) is 22.1. The topological polar surface area (TPSA) is 92.4 Å². The molecule has 0 rings (SSSR count). The summed E-state index contributed by atoms with van der Waals surface area (Å²) in [5.41, 5.74) is 5.75. The summed E-state index contributed by atoms with van der Waals surface area (Å²) in [6.07, 6.45) is 0.651. The molecule has 1 atom stereocenters. The summed E-state index contributed by atoms with van der Waals surface area (Å²) in [7, 11) is 0. The van der Waals surface area contributed by atoms with Gasteiger partial charge in [-0.25, -0.2) is 4.79 Å². The number of carboxylic acids is 1. The van der Waals surface area contributed by atoms with Crippen LogP contribution in [0, 0.1) is 5.92 Å². The third-order valence-electron chi connectivity index (χ3n) is 1.89. The smallest absolute Gasteiger partial charge is 0.326 e. The van der Waals surface area contributed by atoms with Crippen molar-refractivity contribution in [2.45, 2.75) is 32.7 Å². The molecule has 0 aromatic heterocycles. The van der Waals surface area contributed by atoms with E-state index in [1.54, 1.807) is 13.8 Å². The van der Waals surface area contributed by atoms with Crippen LogP contribution in [0.1, 0.15) is 26.7 Å². The lowest BCUT2D eigenvalue weighted by Gasteiger charge is -2.15. The molecule has 1 unspecified atom stereocenters. The lowest BCUT2D eigenvalue weighted by atomic mass is 10.1. The van der Waals surface area contributed by atoms with Crippen molar-refractivity contribution in [2.75, 3.05) is 0 Å². The second-order valence-electron chi connectivity index (χ2n) is 3.75. The minimum absolute atomic E-state index is 0.229. The number of carboxylic acid groups (broad SMARTS) is 1. The quantitative estimate of drug-likeness (QED) is 0.599. The first-order valence-electron chi connectivity index (χ1n) is 4.81. The van der Waals surface area contributed by atoms with Crippen molar-refractivity contribution >= 4 is 11.9 Å². The molecule has 0 radical (unpaired) electrons. The van der Waals surface area contributed by atoms with E-state index in [1.165, 1.54) is 0 Å². The first kappa shape index (κ1) is 13.5. The van der Waals surface area contributed by atoms with Crippen LogP contribution in [0.15, 0.2) is 12.3 Å². The van der Waals surface area contributed by atoms with Gasteiger partial charge in [-0.2, -0.15) is 0 Å². The zero-order valence-electron chi connectivity index (χ0n) is 9.12. The van der Waals surface area contributed by atoms with Gasteiger partial charge in [-0.15, -0.1) is 0 Å². The number of aliphatic carboxylic acids is 1. The Balaban J connectivity index is 4.22. The molecule has 0 aromatic rings. The van der Waals surface area contributed by atoms with Gasteiger partial charge in [0.25, 0.3) is 0 Å². The van der Waals surface area contributed by atoms with Gasteiger partial charge in [-0.3, -0.25) is 4.79 Å². The van der Waals surface area contributed by atoms with E-state index in [0.29, 0.717) is 12.1 Å². The summed E-state index contributed by atoms with van der Waals surface area (Å²) in [5, 5.41) is 11.3. The van der Waals surface area contributed by atoms with Crippen molar-refractivity contribution in [3.8, 4) is 0 Å². The van der Waals surface area contributed by atoms with Crippen molar-refractivity contribution in [3.05, 3.63) is 12.3 Å². The third-order valence-corrected chi connectivity index (χ3v) is 1.89. The molecule has 0 aliphatic heterocycles. The van der Waals surface area contributed by atoms with E-state index in [-0.39, 0.29) is 18.2 Å². The van der Waals surface area contributed by atoms with Gasteiger partial charge in [0.05, 0.1) is 0 Å². The summed E-state index contributed by atoms with van der Waals surface area (Å²) >= 11 is 0. The minimum Gasteiger partial charge on any atom is -0.480 e. The van der Waals surface area contributed by atoms with E-state index in [1.807, 2.05) is 0 Å². The molecule has 0 saturated heterocycles. The summed E-state index contributed by atoms with van der Waals surface area (Å²) in [5.74, 6) is -1.55. The first-order chi connectivity index (χ1) is 6.84. The van der Waals surface area contributed by atoms with Gasteiger partial charge >= 0.3 is 5.97 Å². The largest absolute Gasteiger partial charge is 0.480 e. The molecule has 0 aliphatic carbocycles. The Morgan fingerprint density at radius 1 is 1.47 bits per heavy atom. The fourth-order valence-electron chi connectivity index (χ4n) is 0.926. The molecule has 1 amide bonds. The summed E-state index contributed by atoms with van der Waals surface area (Å²) < 4.78 is 0. The number of rotatable bonds is 6. The summed E-state index contributed by atoms with van der Waals surface area (Å²) in [6, 6.07) is -0.889. The molecule has 0 heterocycles. The van der Waals surface area contributed by atoms with Gasteiger partial charge in [0.1, 0.15) is 6.04 Å². The van der Waals surface area contributed by atoms with Gasteiger partial charge in [-0.1, -0.05) is 20.4 Å². The number of hydrogen-bond acceptors (Lipinski definition) is 3. The lowest BCUT2D eigenvalue weighted by Crippen LogP contribution is -2.42. The second-order valence-corrected chi connectivity index (χ2v) is 3.75. The van der Waals surface area contributed by atoms with Crippen molar-refractivity contribution < 1.29 is 14.7 Å². The van der Waals surface area contributed by atoms with Crippen LogP contribution in [0.2, 0.25) is 0 Å². The minimum atomic E-state index is -1.05. The Bertz CT molecular complexity index is 261. The normalized spacial score (nSPS) is 12.2. The molecule has 0 aromatic carbocycles. The Labute approximate surface area is 89.3 Å². The van der Waals surface area contributed by atoms with Crippen LogP contribution < -0.4 is 11.1 Å². The molecular formula is C10H18N2O3. The predicted octanol–water partition coefficient (Wildman–Crippen LogP) is 0.464. The van der Waals surface area contributed by atoms with Crippen LogP contribution in [-0.2, 0) is 9.59 Å². The Hall–Kier alpha value is -1.52. The van der Waals surface area contributed by atoms with E-state index in [2.05, 4.69) is 11.9 Å². The van der Waals surface area contributed by atoms with Crippen molar-refractivity contribution in [1.82, 2.24) is 5.32 Å². The molecule has 4 N–H and O–H groups in total. The Morgan fingerprint density at radius 2 is 2.00 bits per heavy atom. The number of nitrogens with two attached hydrogens (primary N) is 1. The molecule has 86 valence electrons.